The molecule has 0 spiro atoms. The predicted molar refractivity (Wildman–Crippen MR) is 88.6 cm³/mol. The zero-order valence-electron chi connectivity index (χ0n) is 13.3. The smallest absolute Gasteiger partial charge is 0.245 e. The summed E-state index contributed by atoms with van der Waals surface area (Å²) in [4.78, 5) is 4.24. The zero-order valence-corrected chi connectivity index (χ0v) is 15.0. The highest BCUT2D eigenvalue weighted by molar-refractivity contribution is 7.91. The number of benzene rings is 1. The molecular formula is C16H19FN2O2S2. The molecule has 0 bridgehead atoms. The van der Waals surface area contributed by atoms with Crippen molar-refractivity contribution >= 4 is 21.4 Å². The molecule has 1 aromatic heterocycles. The number of halogens is 1. The topological polar surface area (TPSA) is 50.3 Å². The Morgan fingerprint density at radius 2 is 2.04 bits per heavy atom. The second-order valence-electron chi connectivity index (χ2n) is 5.88. The Bertz CT molecular complexity index is 846. The molecule has 1 aromatic carbocycles. The van der Waals surface area contributed by atoms with E-state index >= 15 is 0 Å². The number of thiazole rings is 1. The van der Waals surface area contributed by atoms with Gasteiger partial charge in [0.2, 0.25) is 0 Å². The van der Waals surface area contributed by atoms with Gasteiger partial charge in [-0.05, 0) is 56.9 Å². The van der Waals surface area contributed by atoms with Crippen molar-refractivity contribution in [3.05, 3.63) is 45.8 Å². The molecule has 2 aromatic rings. The first kappa shape index (κ1) is 16.5. The zero-order chi connectivity index (χ0) is 16.8. The molecule has 1 fully saturated rings. The van der Waals surface area contributed by atoms with Crippen molar-refractivity contribution in [2.45, 2.75) is 43.9 Å². The van der Waals surface area contributed by atoms with Crippen molar-refractivity contribution in [1.82, 2.24) is 9.29 Å². The van der Waals surface area contributed by atoms with E-state index in [0.717, 1.165) is 29.0 Å². The molecule has 0 N–H and O–H groups in total. The van der Waals surface area contributed by atoms with Gasteiger partial charge < -0.3 is 0 Å². The summed E-state index contributed by atoms with van der Waals surface area (Å²) in [5.74, 6) is -0.299. The number of rotatable bonds is 3. The van der Waals surface area contributed by atoms with Crippen molar-refractivity contribution in [1.29, 1.82) is 0 Å². The van der Waals surface area contributed by atoms with Crippen molar-refractivity contribution in [2.75, 3.05) is 6.54 Å². The Labute approximate surface area is 140 Å². The SMILES string of the molecule is Cc1nc(C)c(S(=O)(=O)N2CCCC2c2ccc(F)cc2C)s1. The Balaban J connectivity index is 2.03. The minimum atomic E-state index is -3.58. The molecule has 3 rings (SSSR count). The van der Waals surface area contributed by atoms with Crippen LogP contribution in [-0.4, -0.2) is 24.3 Å². The van der Waals surface area contributed by atoms with Gasteiger partial charge in [-0.3, -0.25) is 0 Å². The van der Waals surface area contributed by atoms with Crippen LogP contribution in [0.25, 0.3) is 0 Å². The molecule has 4 nitrogen and oxygen atoms in total. The standard InChI is InChI=1S/C16H19FN2O2S2/c1-10-9-13(17)6-7-14(10)15-5-4-8-19(15)23(20,21)16-11(2)18-12(3)22-16/h6-7,9,15H,4-5,8H2,1-3H3. The van der Waals surface area contributed by atoms with Gasteiger partial charge in [-0.1, -0.05) is 6.07 Å². The highest BCUT2D eigenvalue weighted by Gasteiger charge is 2.38. The summed E-state index contributed by atoms with van der Waals surface area (Å²) >= 11 is 1.21. The van der Waals surface area contributed by atoms with Crippen molar-refractivity contribution in [3.8, 4) is 0 Å². The molecule has 1 aliphatic heterocycles. The van der Waals surface area contributed by atoms with Gasteiger partial charge in [0.25, 0.3) is 10.0 Å². The highest BCUT2D eigenvalue weighted by atomic mass is 32.2. The minimum Gasteiger partial charge on any atom is -0.245 e. The van der Waals surface area contributed by atoms with E-state index in [0.29, 0.717) is 16.4 Å². The second kappa shape index (κ2) is 5.96. The van der Waals surface area contributed by atoms with Crippen LogP contribution in [0.1, 0.15) is 40.7 Å². The molecule has 1 saturated heterocycles. The summed E-state index contributed by atoms with van der Waals surface area (Å²) in [6, 6.07) is 4.32. The fourth-order valence-corrected chi connectivity index (χ4v) is 6.48. The maximum Gasteiger partial charge on any atom is 0.255 e. The van der Waals surface area contributed by atoms with Gasteiger partial charge in [0.05, 0.1) is 16.7 Å². The van der Waals surface area contributed by atoms with Crippen LogP contribution in [0, 0.1) is 26.6 Å². The van der Waals surface area contributed by atoms with Crippen LogP contribution in [0.3, 0.4) is 0 Å². The van der Waals surface area contributed by atoms with E-state index in [1.54, 1.807) is 17.3 Å². The van der Waals surface area contributed by atoms with E-state index in [4.69, 9.17) is 0 Å². The summed E-state index contributed by atoms with van der Waals surface area (Å²) in [6.07, 6.45) is 1.56. The van der Waals surface area contributed by atoms with Crippen LogP contribution in [0.2, 0.25) is 0 Å². The number of aromatic nitrogens is 1. The first-order chi connectivity index (χ1) is 10.8. The summed E-state index contributed by atoms with van der Waals surface area (Å²) in [7, 11) is -3.58. The normalized spacial score (nSPS) is 19.4. The Morgan fingerprint density at radius 1 is 1.30 bits per heavy atom. The lowest BCUT2D eigenvalue weighted by molar-refractivity contribution is 0.396. The predicted octanol–water partition coefficient (Wildman–Crippen LogP) is 3.73. The highest BCUT2D eigenvalue weighted by Crippen LogP contribution is 2.39. The molecule has 0 amide bonds. The first-order valence-electron chi connectivity index (χ1n) is 7.52. The van der Waals surface area contributed by atoms with Crippen LogP contribution in [0.5, 0.6) is 0 Å². The van der Waals surface area contributed by atoms with Crippen LogP contribution < -0.4 is 0 Å². The molecule has 2 heterocycles. The quantitative estimate of drug-likeness (QED) is 0.844. The molecule has 23 heavy (non-hydrogen) atoms. The first-order valence-corrected chi connectivity index (χ1v) is 9.78. The third-order valence-electron chi connectivity index (χ3n) is 4.20. The lowest BCUT2D eigenvalue weighted by atomic mass is 10.00. The molecule has 0 saturated carbocycles. The van der Waals surface area contributed by atoms with Gasteiger partial charge in [-0.2, -0.15) is 4.31 Å². The Hall–Kier alpha value is -1.31. The van der Waals surface area contributed by atoms with Crippen LogP contribution in [-0.2, 0) is 10.0 Å². The van der Waals surface area contributed by atoms with Crippen molar-refractivity contribution in [2.24, 2.45) is 0 Å². The number of sulfonamides is 1. The third-order valence-corrected chi connectivity index (χ3v) is 7.77. The molecule has 7 heteroatoms. The van der Waals surface area contributed by atoms with Crippen LogP contribution in [0.15, 0.2) is 22.4 Å². The van der Waals surface area contributed by atoms with Gasteiger partial charge in [0, 0.05) is 6.54 Å². The summed E-state index contributed by atoms with van der Waals surface area (Å²) < 4.78 is 41.3. The Kier molecular flexibility index (Phi) is 4.29. The van der Waals surface area contributed by atoms with E-state index < -0.39 is 10.0 Å². The average Bonchev–Trinajstić information content (AvgIpc) is 3.06. The number of nitrogens with zero attached hydrogens (tertiary/aromatic N) is 2. The number of aryl methyl sites for hydroxylation is 3. The lowest BCUT2D eigenvalue weighted by Gasteiger charge is -2.25. The molecule has 0 aliphatic carbocycles. The minimum absolute atomic E-state index is 0.234. The molecule has 1 aliphatic rings. The van der Waals surface area contributed by atoms with Crippen LogP contribution in [0.4, 0.5) is 4.39 Å². The van der Waals surface area contributed by atoms with Gasteiger partial charge in [-0.15, -0.1) is 11.3 Å². The van der Waals surface area contributed by atoms with E-state index in [1.165, 1.54) is 23.5 Å². The van der Waals surface area contributed by atoms with Gasteiger partial charge in [0.15, 0.2) is 4.21 Å². The number of hydrogen-bond acceptors (Lipinski definition) is 4. The fraction of sp³-hybridized carbons (Fsp3) is 0.438. The molecule has 124 valence electrons. The number of hydrogen-bond donors (Lipinski definition) is 0. The van der Waals surface area contributed by atoms with Gasteiger partial charge in [-0.25, -0.2) is 17.8 Å². The maximum absolute atomic E-state index is 13.3. The van der Waals surface area contributed by atoms with E-state index in [1.807, 2.05) is 13.8 Å². The average molecular weight is 354 g/mol. The van der Waals surface area contributed by atoms with Crippen molar-refractivity contribution < 1.29 is 12.8 Å². The monoisotopic (exact) mass is 354 g/mol. The molecule has 0 radical (unpaired) electrons. The maximum atomic E-state index is 13.3. The van der Waals surface area contributed by atoms with Gasteiger partial charge in [0.1, 0.15) is 5.82 Å². The van der Waals surface area contributed by atoms with E-state index in [2.05, 4.69) is 4.98 Å². The summed E-state index contributed by atoms with van der Waals surface area (Å²) in [6.45, 7) is 5.84. The largest absolute Gasteiger partial charge is 0.255 e. The van der Waals surface area contributed by atoms with E-state index in [9.17, 15) is 12.8 Å². The summed E-state index contributed by atoms with van der Waals surface area (Å²) in [5.41, 5.74) is 2.22. The molecule has 1 unspecified atom stereocenters. The Morgan fingerprint density at radius 3 is 2.65 bits per heavy atom. The van der Waals surface area contributed by atoms with Gasteiger partial charge >= 0.3 is 0 Å². The fourth-order valence-electron chi connectivity index (χ4n) is 3.21. The third kappa shape index (κ3) is 2.93. The van der Waals surface area contributed by atoms with Crippen molar-refractivity contribution in [3.63, 3.8) is 0 Å². The molecule has 1 atom stereocenters. The van der Waals surface area contributed by atoms with Crippen LogP contribution >= 0.6 is 11.3 Å². The lowest BCUT2D eigenvalue weighted by Crippen LogP contribution is -2.31. The molecular weight excluding hydrogens is 335 g/mol. The summed E-state index contributed by atoms with van der Waals surface area (Å²) in [5, 5.41) is 0.745. The van der Waals surface area contributed by atoms with E-state index in [-0.39, 0.29) is 11.9 Å². The second-order valence-corrected chi connectivity index (χ2v) is 9.17.